The molecular formula is C12H13BrN4O3. The van der Waals surface area contributed by atoms with Crippen molar-refractivity contribution in [2.45, 2.75) is 12.6 Å². The largest absolute Gasteiger partial charge is 0.479 e. The number of aliphatic carboxylic acids is 1. The van der Waals surface area contributed by atoms with Crippen LogP contribution in [0.4, 0.5) is 5.69 Å². The second-order valence-electron chi connectivity index (χ2n) is 4.06. The van der Waals surface area contributed by atoms with Crippen LogP contribution in [-0.2, 0) is 11.3 Å². The molecule has 2 aromatic rings. The lowest BCUT2D eigenvalue weighted by atomic mass is 10.2. The van der Waals surface area contributed by atoms with Crippen molar-refractivity contribution in [2.24, 2.45) is 0 Å². The number of rotatable bonds is 6. The van der Waals surface area contributed by atoms with Crippen molar-refractivity contribution >= 4 is 27.6 Å². The molecule has 0 spiro atoms. The second kappa shape index (κ2) is 6.49. The number of hydrogen-bond donors (Lipinski definition) is 3. The van der Waals surface area contributed by atoms with Gasteiger partial charge in [0.15, 0.2) is 6.04 Å². The summed E-state index contributed by atoms with van der Waals surface area (Å²) in [6, 6.07) is 6.18. The van der Waals surface area contributed by atoms with Crippen molar-refractivity contribution < 1.29 is 15.0 Å². The summed E-state index contributed by atoms with van der Waals surface area (Å²) < 4.78 is 2.24. The minimum atomic E-state index is -1.05. The zero-order chi connectivity index (χ0) is 14.5. The van der Waals surface area contributed by atoms with Crippen LogP contribution in [0.1, 0.15) is 11.7 Å². The highest BCUT2D eigenvalue weighted by Crippen LogP contribution is 2.21. The fourth-order valence-electron chi connectivity index (χ4n) is 1.66. The monoisotopic (exact) mass is 340 g/mol. The Bertz CT molecular complexity index is 602. The molecule has 0 aliphatic rings. The van der Waals surface area contributed by atoms with Crippen molar-refractivity contribution in [3.63, 3.8) is 0 Å². The van der Waals surface area contributed by atoms with Crippen LogP contribution in [0, 0.1) is 0 Å². The summed E-state index contributed by atoms with van der Waals surface area (Å²) in [6.45, 7) is 0.190. The Morgan fingerprint density at radius 2 is 2.30 bits per heavy atom. The average molecular weight is 341 g/mol. The molecule has 0 aliphatic carbocycles. The number of aliphatic hydroxyl groups excluding tert-OH is 1. The maximum atomic E-state index is 11.4. The van der Waals surface area contributed by atoms with Gasteiger partial charge >= 0.3 is 5.97 Å². The highest BCUT2D eigenvalue weighted by molar-refractivity contribution is 9.10. The molecule has 1 aromatic heterocycles. The van der Waals surface area contributed by atoms with Gasteiger partial charge in [-0.1, -0.05) is 27.2 Å². The first-order valence-corrected chi connectivity index (χ1v) is 6.65. The SMILES string of the molecule is O=C(O)C(Nc1cccc(Br)c1)c1cn(CCO)nn1. The zero-order valence-corrected chi connectivity index (χ0v) is 12.0. The number of anilines is 1. The van der Waals surface area contributed by atoms with Gasteiger partial charge < -0.3 is 15.5 Å². The molecule has 20 heavy (non-hydrogen) atoms. The first kappa shape index (κ1) is 14.5. The second-order valence-corrected chi connectivity index (χ2v) is 4.97. The van der Waals surface area contributed by atoms with Crippen molar-refractivity contribution in [1.29, 1.82) is 0 Å². The molecule has 0 saturated heterocycles. The summed E-state index contributed by atoms with van der Waals surface area (Å²) in [5, 5.41) is 28.6. The van der Waals surface area contributed by atoms with Crippen LogP contribution in [-0.4, -0.2) is 37.8 Å². The van der Waals surface area contributed by atoms with E-state index < -0.39 is 12.0 Å². The fourth-order valence-corrected chi connectivity index (χ4v) is 2.06. The Hall–Kier alpha value is -1.93. The van der Waals surface area contributed by atoms with E-state index in [4.69, 9.17) is 5.11 Å². The number of carbonyl (C=O) groups is 1. The maximum absolute atomic E-state index is 11.4. The number of aliphatic hydroxyl groups is 1. The number of aromatic nitrogens is 3. The number of carboxylic acids is 1. The van der Waals surface area contributed by atoms with E-state index in [2.05, 4.69) is 31.6 Å². The van der Waals surface area contributed by atoms with Crippen molar-refractivity contribution in [1.82, 2.24) is 15.0 Å². The van der Waals surface area contributed by atoms with E-state index in [-0.39, 0.29) is 18.8 Å². The highest BCUT2D eigenvalue weighted by Gasteiger charge is 2.23. The van der Waals surface area contributed by atoms with Crippen LogP contribution in [0.3, 0.4) is 0 Å². The van der Waals surface area contributed by atoms with Crippen molar-refractivity contribution in [3.8, 4) is 0 Å². The minimum absolute atomic E-state index is 0.0837. The van der Waals surface area contributed by atoms with Gasteiger partial charge in [-0.25, -0.2) is 9.48 Å². The van der Waals surface area contributed by atoms with E-state index in [0.29, 0.717) is 5.69 Å². The molecule has 8 heteroatoms. The van der Waals surface area contributed by atoms with Gasteiger partial charge in [-0.15, -0.1) is 5.10 Å². The molecule has 1 aromatic carbocycles. The van der Waals surface area contributed by atoms with Gasteiger partial charge in [0.2, 0.25) is 0 Å². The predicted molar refractivity (Wildman–Crippen MR) is 75.2 cm³/mol. The van der Waals surface area contributed by atoms with Gasteiger partial charge in [0.25, 0.3) is 0 Å². The van der Waals surface area contributed by atoms with Crippen LogP contribution in [0.25, 0.3) is 0 Å². The number of benzene rings is 1. The van der Waals surface area contributed by atoms with E-state index in [1.165, 1.54) is 10.9 Å². The van der Waals surface area contributed by atoms with Crippen LogP contribution >= 0.6 is 15.9 Å². The molecule has 3 N–H and O–H groups in total. The average Bonchev–Trinajstić information content (AvgIpc) is 2.84. The molecular weight excluding hydrogens is 328 g/mol. The number of carboxylic acid groups (broad SMARTS) is 1. The number of nitrogens with one attached hydrogen (secondary N) is 1. The van der Waals surface area contributed by atoms with Crippen LogP contribution < -0.4 is 5.32 Å². The van der Waals surface area contributed by atoms with E-state index in [9.17, 15) is 9.90 Å². The summed E-state index contributed by atoms with van der Waals surface area (Å²) in [5.74, 6) is -1.05. The first-order chi connectivity index (χ1) is 9.60. The molecule has 0 fully saturated rings. The zero-order valence-electron chi connectivity index (χ0n) is 10.4. The maximum Gasteiger partial charge on any atom is 0.332 e. The lowest BCUT2D eigenvalue weighted by Crippen LogP contribution is -2.21. The van der Waals surface area contributed by atoms with Gasteiger partial charge in [-0.2, -0.15) is 0 Å². The van der Waals surface area contributed by atoms with Crippen LogP contribution in [0.5, 0.6) is 0 Å². The first-order valence-electron chi connectivity index (χ1n) is 5.86. The van der Waals surface area contributed by atoms with E-state index in [1.807, 2.05) is 6.07 Å². The molecule has 0 saturated carbocycles. The molecule has 0 amide bonds. The predicted octanol–water partition coefficient (Wildman–Crippen LogP) is 1.27. The number of hydrogen-bond acceptors (Lipinski definition) is 5. The lowest BCUT2D eigenvalue weighted by molar-refractivity contribution is -0.138. The van der Waals surface area contributed by atoms with E-state index in [0.717, 1.165) is 4.47 Å². The molecule has 0 radical (unpaired) electrons. The van der Waals surface area contributed by atoms with Crippen LogP contribution in [0.2, 0.25) is 0 Å². The fraction of sp³-hybridized carbons (Fsp3) is 0.250. The standard InChI is InChI=1S/C12H13BrN4O3/c13-8-2-1-3-9(6-8)14-11(12(19)20)10-7-17(4-5-18)16-15-10/h1-3,6-7,11,14,18H,4-5H2,(H,19,20). The smallest absolute Gasteiger partial charge is 0.332 e. The molecule has 1 unspecified atom stereocenters. The normalized spacial score (nSPS) is 12.1. The van der Waals surface area contributed by atoms with E-state index >= 15 is 0 Å². The Labute approximate surface area is 123 Å². The molecule has 1 heterocycles. The van der Waals surface area contributed by atoms with Crippen LogP contribution in [0.15, 0.2) is 34.9 Å². The summed E-state index contributed by atoms with van der Waals surface area (Å²) in [5.41, 5.74) is 0.939. The number of nitrogens with zero attached hydrogens (tertiary/aromatic N) is 3. The minimum Gasteiger partial charge on any atom is -0.479 e. The Balaban J connectivity index is 2.20. The lowest BCUT2D eigenvalue weighted by Gasteiger charge is -2.13. The number of halogens is 1. The highest BCUT2D eigenvalue weighted by atomic mass is 79.9. The quantitative estimate of drug-likeness (QED) is 0.732. The summed E-state index contributed by atoms with van der Waals surface area (Å²) >= 11 is 3.32. The third-order valence-electron chi connectivity index (χ3n) is 2.56. The summed E-state index contributed by atoms with van der Waals surface area (Å²) in [7, 11) is 0. The van der Waals surface area contributed by atoms with Gasteiger partial charge in [0.1, 0.15) is 5.69 Å². The Morgan fingerprint density at radius 1 is 1.50 bits per heavy atom. The Kier molecular flexibility index (Phi) is 4.70. The molecule has 7 nitrogen and oxygen atoms in total. The van der Waals surface area contributed by atoms with Gasteiger partial charge in [0, 0.05) is 10.2 Å². The molecule has 0 aliphatic heterocycles. The summed E-state index contributed by atoms with van der Waals surface area (Å²) in [4.78, 5) is 11.4. The molecule has 106 valence electrons. The topological polar surface area (TPSA) is 100 Å². The third-order valence-corrected chi connectivity index (χ3v) is 3.06. The molecule has 2 rings (SSSR count). The van der Waals surface area contributed by atoms with Gasteiger partial charge in [0.05, 0.1) is 19.3 Å². The molecule has 0 bridgehead atoms. The van der Waals surface area contributed by atoms with E-state index in [1.54, 1.807) is 18.2 Å². The third kappa shape index (κ3) is 3.55. The van der Waals surface area contributed by atoms with Crippen molar-refractivity contribution in [2.75, 3.05) is 11.9 Å². The Morgan fingerprint density at radius 3 is 2.95 bits per heavy atom. The molecule has 1 atom stereocenters. The summed E-state index contributed by atoms with van der Waals surface area (Å²) in [6.07, 6.45) is 1.50. The van der Waals surface area contributed by atoms with Crippen molar-refractivity contribution in [3.05, 3.63) is 40.6 Å². The van der Waals surface area contributed by atoms with Gasteiger partial charge in [-0.05, 0) is 18.2 Å². The van der Waals surface area contributed by atoms with Gasteiger partial charge in [-0.3, -0.25) is 0 Å².